The predicted molar refractivity (Wildman–Crippen MR) is 130 cm³/mol. The van der Waals surface area contributed by atoms with Crippen molar-refractivity contribution in [3.8, 4) is 21.7 Å². The Bertz CT molecular complexity index is 1380. The zero-order valence-corrected chi connectivity index (χ0v) is 18.5. The van der Waals surface area contributed by atoms with Crippen molar-refractivity contribution in [1.82, 2.24) is 14.5 Å². The second-order valence-corrected chi connectivity index (χ2v) is 9.00. The van der Waals surface area contributed by atoms with Crippen LogP contribution >= 0.6 is 22.7 Å². The smallest absolute Gasteiger partial charge is 0.262 e. The maximum Gasteiger partial charge on any atom is 0.262 e. The van der Waals surface area contributed by atoms with Gasteiger partial charge in [0.2, 0.25) is 5.91 Å². The van der Waals surface area contributed by atoms with Gasteiger partial charge >= 0.3 is 0 Å². The van der Waals surface area contributed by atoms with Crippen LogP contribution in [0.25, 0.3) is 31.9 Å². The number of hydrogen-bond acceptors (Lipinski definition) is 6. The van der Waals surface area contributed by atoms with Crippen molar-refractivity contribution >= 4 is 43.9 Å². The van der Waals surface area contributed by atoms with E-state index in [-0.39, 0.29) is 24.4 Å². The maximum atomic E-state index is 12.6. The van der Waals surface area contributed by atoms with Crippen LogP contribution in [0, 0.1) is 0 Å². The lowest BCUT2D eigenvalue weighted by Gasteiger charge is -2.05. The third-order valence-electron chi connectivity index (χ3n) is 4.99. The number of benzene rings is 2. The first kappa shape index (κ1) is 20.3. The van der Waals surface area contributed by atoms with Gasteiger partial charge in [-0.15, -0.1) is 11.3 Å². The standard InChI is InChI=1S/C24H18N4O2S2/c29-19(11-13-28-15-25-22-18(23(28)30)12-14-31-22)26-24-27-20(16-7-3-1-4-8-16)21(32-24)17-9-5-2-6-10-17/h1-10,12,14-15H,11,13H2,(H,26,27,29). The number of thiazole rings is 1. The van der Waals surface area contributed by atoms with Crippen LogP contribution in [0.4, 0.5) is 5.13 Å². The topological polar surface area (TPSA) is 76.9 Å². The molecule has 6 nitrogen and oxygen atoms in total. The number of carbonyl (C=O) groups excluding carboxylic acids is 1. The lowest BCUT2D eigenvalue weighted by molar-refractivity contribution is -0.116. The second kappa shape index (κ2) is 8.86. The summed E-state index contributed by atoms with van der Waals surface area (Å²) in [6, 6.07) is 21.7. The lowest BCUT2D eigenvalue weighted by Crippen LogP contribution is -2.23. The number of amides is 1. The number of aryl methyl sites for hydroxylation is 1. The Morgan fingerprint density at radius 3 is 2.44 bits per heavy atom. The molecule has 0 saturated heterocycles. The fourth-order valence-corrected chi connectivity index (χ4v) is 5.14. The summed E-state index contributed by atoms with van der Waals surface area (Å²) >= 11 is 2.87. The number of aromatic nitrogens is 3. The van der Waals surface area contributed by atoms with Crippen LogP contribution in [-0.4, -0.2) is 20.4 Å². The third-order valence-corrected chi connectivity index (χ3v) is 6.83. The first-order chi connectivity index (χ1) is 15.7. The van der Waals surface area contributed by atoms with Crippen LogP contribution < -0.4 is 10.9 Å². The highest BCUT2D eigenvalue weighted by atomic mass is 32.1. The van der Waals surface area contributed by atoms with Gasteiger partial charge in [0.1, 0.15) is 4.83 Å². The molecule has 0 bridgehead atoms. The van der Waals surface area contributed by atoms with Crippen LogP contribution in [0.3, 0.4) is 0 Å². The van der Waals surface area contributed by atoms with Crippen molar-refractivity contribution in [3.63, 3.8) is 0 Å². The number of thiophene rings is 1. The molecule has 8 heteroatoms. The van der Waals surface area contributed by atoms with E-state index in [1.54, 1.807) is 6.07 Å². The highest BCUT2D eigenvalue weighted by molar-refractivity contribution is 7.19. The second-order valence-electron chi connectivity index (χ2n) is 7.11. The fourth-order valence-electron chi connectivity index (χ4n) is 3.41. The first-order valence-electron chi connectivity index (χ1n) is 10.0. The Balaban J connectivity index is 1.36. The summed E-state index contributed by atoms with van der Waals surface area (Å²) in [5, 5.41) is 5.85. The summed E-state index contributed by atoms with van der Waals surface area (Å²) in [6.45, 7) is 0.256. The molecular formula is C24H18N4O2S2. The van der Waals surface area contributed by atoms with Crippen molar-refractivity contribution in [2.24, 2.45) is 0 Å². The van der Waals surface area contributed by atoms with E-state index in [9.17, 15) is 9.59 Å². The van der Waals surface area contributed by atoms with E-state index in [0.29, 0.717) is 15.3 Å². The molecule has 158 valence electrons. The Kier molecular flexibility index (Phi) is 5.62. The quantitative estimate of drug-likeness (QED) is 0.376. The minimum absolute atomic E-state index is 0.129. The molecule has 0 aliphatic carbocycles. The van der Waals surface area contributed by atoms with Crippen LogP contribution in [0.15, 0.2) is 83.2 Å². The number of fused-ring (bicyclic) bond motifs is 1. The van der Waals surface area contributed by atoms with Gasteiger partial charge in [0, 0.05) is 18.5 Å². The summed E-state index contributed by atoms with van der Waals surface area (Å²) < 4.78 is 1.47. The summed E-state index contributed by atoms with van der Waals surface area (Å²) in [5.74, 6) is -0.199. The van der Waals surface area contributed by atoms with Crippen molar-refractivity contribution in [2.45, 2.75) is 13.0 Å². The van der Waals surface area contributed by atoms with Gasteiger partial charge in [0.25, 0.3) is 5.56 Å². The maximum absolute atomic E-state index is 12.6. The fraction of sp³-hybridized carbons (Fsp3) is 0.0833. The Hall–Kier alpha value is -3.62. The normalized spacial score (nSPS) is 11.0. The summed E-state index contributed by atoms with van der Waals surface area (Å²) in [4.78, 5) is 35.8. The number of nitrogens with one attached hydrogen (secondary N) is 1. The van der Waals surface area contributed by atoms with Crippen molar-refractivity contribution in [1.29, 1.82) is 0 Å². The zero-order chi connectivity index (χ0) is 21.9. The van der Waals surface area contributed by atoms with E-state index in [4.69, 9.17) is 4.98 Å². The molecule has 0 radical (unpaired) electrons. The number of carbonyl (C=O) groups is 1. The van der Waals surface area contributed by atoms with Crippen LogP contribution in [0.5, 0.6) is 0 Å². The Morgan fingerprint density at radius 2 is 1.69 bits per heavy atom. The Labute approximate surface area is 191 Å². The number of hydrogen-bond donors (Lipinski definition) is 1. The first-order valence-corrected chi connectivity index (χ1v) is 11.7. The van der Waals surface area contributed by atoms with E-state index in [1.165, 1.54) is 33.6 Å². The molecule has 5 aromatic rings. The third kappa shape index (κ3) is 4.10. The Morgan fingerprint density at radius 1 is 0.969 bits per heavy atom. The van der Waals surface area contributed by atoms with E-state index in [1.807, 2.05) is 66.0 Å². The largest absolute Gasteiger partial charge is 0.302 e. The van der Waals surface area contributed by atoms with Gasteiger partial charge in [-0.2, -0.15) is 0 Å². The predicted octanol–water partition coefficient (Wildman–Crippen LogP) is 5.28. The van der Waals surface area contributed by atoms with E-state index in [0.717, 1.165) is 21.7 Å². The monoisotopic (exact) mass is 458 g/mol. The van der Waals surface area contributed by atoms with Crippen molar-refractivity contribution < 1.29 is 4.79 Å². The molecule has 3 heterocycles. The van der Waals surface area contributed by atoms with E-state index >= 15 is 0 Å². The number of rotatable bonds is 6. The molecule has 1 N–H and O–H groups in total. The average Bonchev–Trinajstić information content (AvgIpc) is 3.48. The highest BCUT2D eigenvalue weighted by Crippen LogP contribution is 2.38. The van der Waals surface area contributed by atoms with Crippen molar-refractivity contribution in [2.75, 3.05) is 5.32 Å². The molecule has 0 unspecified atom stereocenters. The number of anilines is 1. The lowest BCUT2D eigenvalue weighted by atomic mass is 10.1. The molecule has 0 fully saturated rings. The van der Waals surface area contributed by atoms with Gasteiger partial charge in [0.15, 0.2) is 5.13 Å². The highest BCUT2D eigenvalue weighted by Gasteiger charge is 2.16. The van der Waals surface area contributed by atoms with Gasteiger partial charge in [-0.25, -0.2) is 9.97 Å². The van der Waals surface area contributed by atoms with Crippen LogP contribution in [-0.2, 0) is 11.3 Å². The van der Waals surface area contributed by atoms with Gasteiger partial charge in [-0.05, 0) is 17.0 Å². The van der Waals surface area contributed by atoms with E-state index in [2.05, 4.69) is 10.3 Å². The molecule has 0 atom stereocenters. The minimum atomic E-state index is -0.199. The van der Waals surface area contributed by atoms with Gasteiger partial charge < -0.3 is 5.32 Å². The SMILES string of the molecule is O=C(CCn1cnc2sccc2c1=O)Nc1nc(-c2ccccc2)c(-c2ccccc2)s1. The van der Waals surface area contributed by atoms with Gasteiger partial charge in [-0.3, -0.25) is 14.2 Å². The molecule has 3 aromatic heterocycles. The molecular weight excluding hydrogens is 440 g/mol. The summed E-state index contributed by atoms with van der Waals surface area (Å²) in [7, 11) is 0. The van der Waals surface area contributed by atoms with Gasteiger partial charge in [0.05, 0.1) is 22.3 Å². The molecule has 0 aliphatic rings. The van der Waals surface area contributed by atoms with Gasteiger partial charge in [-0.1, -0.05) is 72.0 Å². The minimum Gasteiger partial charge on any atom is -0.302 e. The van der Waals surface area contributed by atoms with E-state index < -0.39 is 0 Å². The molecule has 0 spiro atoms. The average molecular weight is 459 g/mol. The van der Waals surface area contributed by atoms with Crippen molar-refractivity contribution in [3.05, 3.63) is 88.8 Å². The number of nitrogens with zero attached hydrogens (tertiary/aromatic N) is 3. The molecule has 32 heavy (non-hydrogen) atoms. The summed E-state index contributed by atoms with van der Waals surface area (Å²) in [5.41, 5.74) is 2.74. The molecule has 0 aliphatic heterocycles. The molecule has 0 saturated carbocycles. The zero-order valence-electron chi connectivity index (χ0n) is 16.9. The van der Waals surface area contributed by atoms with Crippen LogP contribution in [0.1, 0.15) is 6.42 Å². The molecule has 5 rings (SSSR count). The summed E-state index contributed by atoms with van der Waals surface area (Å²) in [6.07, 6.45) is 1.65. The van der Waals surface area contributed by atoms with Crippen LogP contribution in [0.2, 0.25) is 0 Å². The molecule has 2 aromatic carbocycles. The molecule has 1 amide bonds.